The first-order chi connectivity index (χ1) is 9.74. The van der Waals surface area contributed by atoms with Crippen molar-refractivity contribution in [1.82, 2.24) is 20.2 Å². The van der Waals surface area contributed by atoms with Gasteiger partial charge in [-0.15, -0.1) is 10.2 Å². The Bertz CT molecular complexity index is 701. The molecule has 0 bridgehead atoms. The zero-order valence-electron chi connectivity index (χ0n) is 11.6. The second-order valence-electron chi connectivity index (χ2n) is 4.97. The van der Waals surface area contributed by atoms with Crippen molar-refractivity contribution in [3.8, 4) is 22.5 Å². The Balaban J connectivity index is 1.99. The zero-order valence-corrected chi connectivity index (χ0v) is 11.6. The van der Waals surface area contributed by atoms with Crippen molar-refractivity contribution in [3.05, 3.63) is 54.6 Å². The highest BCUT2D eigenvalue weighted by Gasteiger charge is 2.08. The van der Waals surface area contributed by atoms with Crippen LogP contribution in [0.1, 0.15) is 19.9 Å². The fraction of sp³-hybridized carbons (Fsp3) is 0.188. The van der Waals surface area contributed by atoms with Crippen LogP contribution in [-0.2, 0) is 0 Å². The Hall–Kier alpha value is -2.49. The molecule has 100 valence electrons. The molecule has 0 spiro atoms. The highest BCUT2D eigenvalue weighted by Crippen LogP contribution is 2.24. The third-order valence-electron chi connectivity index (χ3n) is 3.12. The summed E-state index contributed by atoms with van der Waals surface area (Å²) in [5.74, 6) is 0.663. The second-order valence-corrected chi connectivity index (χ2v) is 4.97. The minimum atomic E-state index is 0.216. The van der Waals surface area contributed by atoms with Gasteiger partial charge in [0.05, 0.1) is 6.04 Å². The maximum Gasteiger partial charge on any atom is 0.204 e. The lowest BCUT2D eigenvalue weighted by molar-refractivity contribution is 0.455. The molecule has 0 aliphatic carbocycles. The molecule has 0 amide bonds. The lowest BCUT2D eigenvalue weighted by Crippen LogP contribution is -2.04. The highest BCUT2D eigenvalue weighted by atomic mass is 15.6. The van der Waals surface area contributed by atoms with Crippen LogP contribution in [0.15, 0.2) is 54.6 Å². The van der Waals surface area contributed by atoms with Crippen LogP contribution in [0.2, 0.25) is 0 Å². The van der Waals surface area contributed by atoms with E-state index in [-0.39, 0.29) is 6.04 Å². The topological polar surface area (TPSA) is 43.6 Å². The van der Waals surface area contributed by atoms with Crippen molar-refractivity contribution in [1.29, 1.82) is 0 Å². The normalized spacial score (nSPS) is 10.9. The van der Waals surface area contributed by atoms with E-state index in [9.17, 15) is 0 Å². The van der Waals surface area contributed by atoms with Crippen LogP contribution in [0.25, 0.3) is 22.5 Å². The molecule has 0 atom stereocenters. The van der Waals surface area contributed by atoms with Crippen LogP contribution >= 0.6 is 0 Å². The van der Waals surface area contributed by atoms with Crippen molar-refractivity contribution in [3.63, 3.8) is 0 Å². The highest BCUT2D eigenvalue weighted by molar-refractivity contribution is 5.69. The fourth-order valence-corrected chi connectivity index (χ4v) is 2.03. The number of nitrogens with zero attached hydrogens (tertiary/aromatic N) is 4. The van der Waals surface area contributed by atoms with E-state index in [1.165, 1.54) is 5.56 Å². The monoisotopic (exact) mass is 264 g/mol. The average Bonchev–Trinajstić information content (AvgIpc) is 2.98. The number of hydrogen-bond acceptors (Lipinski definition) is 3. The summed E-state index contributed by atoms with van der Waals surface area (Å²) in [5, 5.41) is 12.6. The molecule has 4 nitrogen and oxygen atoms in total. The molecule has 0 saturated carbocycles. The molecule has 4 heteroatoms. The Labute approximate surface area is 118 Å². The zero-order chi connectivity index (χ0) is 13.9. The van der Waals surface area contributed by atoms with Crippen molar-refractivity contribution in [2.45, 2.75) is 19.9 Å². The van der Waals surface area contributed by atoms with E-state index in [0.29, 0.717) is 5.82 Å². The molecule has 1 heterocycles. The van der Waals surface area contributed by atoms with Crippen LogP contribution in [0.4, 0.5) is 0 Å². The first-order valence-corrected chi connectivity index (χ1v) is 6.69. The summed E-state index contributed by atoms with van der Waals surface area (Å²) in [6, 6.07) is 18.7. The second kappa shape index (κ2) is 5.25. The van der Waals surface area contributed by atoms with E-state index in [1.807, 2.05) is 44.2 Å². The summed E-state index contributed by atoms with van der Waals surface area (Å²) < 4.78 is 0. The minimum absolute atomic E-state index is 0.216. The molecule has 3 rings (SSSR count). The van der Waals surface area contributed by atoms with Crippen LogP contribution in [-0.4, -0.2) is 20.2 Å². The van der Waals surface area contributed by atoms with Crippen LogP contribution in [0.3, 0.4) is 0 Å². The van der Waals surface area contributed by atoms with E-state index in [4.69, 9.17) is 0 Å². The molecule has 0 saturated heterocycles. The summed E-state index contributed by atoms with van der Waals surface area (Å²) in [4.78, 5) is 1.63. The van der Waals surface area contributed by atoms with E-state index < -0.39 is 0 Å². The average molecular weight is 264 g/mol. The Kier molecular flexibility index (Phi) is 3.29. The molecule has 0 unspecified atom stereocenters. The summed E-state index contributed by atoms with van der Waals surface area (Å²) >= 11 is 0. The van der Waals surface area contributed by atoms with Crippen LogP contribution in [0.5, 0.6) is 0 Å². The van der Waals surface area contributed by atoms with Gasteiger partial charge in [0, 0.05) is 5.56 Å². The maximum absolute atomic E-state index is 4.41. The maximum atomic E-state index is 4.41. The van der Waals surface area contributed by atoms with E-state index in [0.717, 1.165) is 11.1 Å². The summed E-state index contributed by atoms with van der Waals surface area (Å²) in [6.45, 7) is 4.07. The third kappa shape index (κ3) is 2.45. The number of rotatable bonds is 3. The molecule has 2 aromatic carbocycles. The van der Waals surface area contributed by atoms with Crippen LogP contribution in [0, 0.1) is 0 Å². The fourth-order valence-electron chi connectivity index (χ4n) is 2.03. The van der Waals surface area contributed by atoms with Gasteiger partial charge in [-0.2, -0.15) is 4.80 Å². The molecule has 3 aromatic rings. The van der Waals surface area contributed by atoms with E-state index >= 15 is 0 Å². The van der Waals surface area contributed by atoms with Gasteiger partial charge in [-0.1, -0.05) is 48.5 Å². The summed E-state index contributed by atoms with van der Waals surface area (Å²) in [6.07, 6.45) is 0. The van der Waals surface area contributed by atoms with Crippen LogP contribution < -0.4 is 0 Å². The molecular formula is C16H16N4. The molecule has 0 aliphatic rings. The predicted molar refractivity (Wildman–Crippen MR) is 79.1 cm³/mol. The lowest BCUT2D eigenvalue weighted by atomic mass is 10.0. The van der Waals surface area contributed by atoms with Gasteiger partial charge in [0.1, 0.15) is 0 Å². The van der Waals surface area contributed by atoms with Gasteiger partial charge in [0.25, 0.3) is 0 Å². The first-order valence-electron chi connectivity index (χ1n) is 6.69. The molecule has 1 aromatic heterocycles. The smallest absolute Gasteiger partial charge is 0.161 e. The van der Waals surface area contributed by atoms with E-state index in [2.05, 4.69) is 39.7 Å². The Morgan fingerprint density at radius 1 is 0.850 bits per heavy atom. The summed E-state index contributed by atoms with van der Waals surface area (Å²) in [5.41, 5.74) is 3.33. The Morgan fingerprint density at radius 2 is 1.55 bits per heavy atom. The minimum Gasteiger partial charge on any atom is -0.161 e. The van der Waals surface area contributed by atoms with Gasteiger partial charge < -0.3 is 0 Å². The standard InChI is InChI=1S/C16H16N4/c1-12(2)20-18-16(17-19-20)15-10-6-9-14(11-15)13-7-4-3-5-8-13/h3-12H,1-2H3. The number of tetrazole rings is 1. The van der Waals surface area contributed by atoms with Gasteiger partial charge in [-0.05, 0) is 36.3 Å². The quantitative estimate of drug-likeness (QED) is 0.726. The van der Waals surface area contributed by atoms with Crippen molar-refractivity contribution in [2.24, 2.45) is 0 Å². The molecular weight excluding hydrogens is 248 g/mol. The van der Waals surface area contributed by atoms with Gasteiger partial charge in [0.15, 0.2) is 0 Å². The lowest BCUT2D eigenvalue weighted by Gasteiger charge is -2.03. The van der Waals surface area contributed by atoms with Gasteiger partial charge in [-0.25, -0.2) is 0 Å². The Morgan fingerprint density at radius 3 is 2.25 bits per heavy atom. The molecule has 0 radical (unpaired) electrons. The molecule has 20 heavy (non-hydrogen) atoms. The van der Waals surface area contributed by atoms with Gasteiger partial charge in [0.2, 0.25) is 5.82 Å². The van der Waals surface area contributed by atoms with Crippen molar-refractivity contribution in [2.75, 3.05) is 0 Å². The van der Waals surface area contributed by atoms with Crippen molar-refractivity contribution < 1.29 is 0 Å². The number of benzene rings is 2. The van der Waals surface area contributed by atoms with Gasteiger partial charge in [-0.3, -0.25) is 0 Å². The molecule has 0 fully saturated rings. The largest absolute Gasteiger partial charge is 0.204 e. The molecule has 0 N–H and O–H groups in total. The predicted octanol–water partition coefficient (Wildman–Crippen LogP) is 3.59. The van der Waals surface area contributed by atoms with Crippen molar-refractivity contribution >= 4 is 0 Å². The number of aromatic nitrogens is 4. The van der Waals surface area contributed by atoms with Gasteiger partial charge >= 0.3 is 0 Å². The first kappa shape index (κ1) is 12.5. The number of hydrogen-bond donors (Lipinski definition) is 0. The summed E-state index contributed by atoms with van der Waals surface area (Å²) in [7, 11) is 0. The SMILES string of the molecule is CC(C)n1nnc(-c2cccc(-c3ccccc3)c2)n1. The molecule has 0 aliphatic heterocycles. The third-order valence-corrected chi connectivity index (χ3v) is 3.12. The van der Waals surface area contributed by atoms with E-state index in [1.54, 1.807) is 4.80 Å².